The highest BCUT2D eigenvalue weighted by atomic mass is 16.6. The Kier molecular flexibility index (Phi) is 12.2. The first-order chi connectivity index (χ1) is 18.5. The number of carbonyl (C=O) groups is 5. The molecule has 11 nitrogen and oxygen atoms in total. The van der Waals surface area contributed by atoms with Crippen LogP contribution in [0.15, 0.2) is 18.2 Å². The van der Waals surface area contributed by atoms with E-state index in [4.69, 9.17) is 14.2 Å². The molecule has 3 N–H and O–H groups in total. The first-order valence-electron chi connectivity index (χ1n) is 13.4. The summed E-state index contributed by atoms with van der Waals surface area (Å²) in [4.78, 5) is 62.9. The zero-order chi connectivity index (χ0) is 29.1. The molecule has 1 fully saturated rings. The highest BCUT2D eigenvalue weighted by molar-refractivity contribution is 6.01. The van der Waals surface area contributed by atoms with E-state index in [0.29, 0.717) is 19.3 Å². The standard InChI is InChI=1S/C28H40N2O9/c1-6-7-8-9-11-20-25(39-22(32)14-16(2)3)18(5)38-28(36)23(17(4)37-27(20)35)30-26(34)19-12-10-13-21(24(19)33)29-15-31/h10,12-13,15-18,20,23,25,33H,6-9,11,14H2,1-5H3,(H,29,31)(H,30,34)/t17-,18-,20+,23-,25-/m0/s1. The number of ether oxygens (including phenoxy) is 3. The summed E-state index contributed by atoms with van der Waals surface area (Å²) in [6, 6.07) is 2.71. The second kappa shape index (κ2) is 15.1. The van der Waals surface area contributed by atoms with Gasteiger partial charge in [-0.3, -0.25) is 19.2 Å². The molecule has 5 atom stereocenters. The molecule has 1 saturated heterocycles. The van der Waals surface area contributed by atoms with Gasteiger partial charge in [-0.15, -0.1) is 0 Å². The third kappa shape index (κ3) is 8.97. The molecule has 0 radical (unpaired) electrons. The molecule has 1 aromatic carbocycles. The Morgan fingerprint density at radius 1 is 1.08 bits per heavy atom. The maximum Gasteiger partial charge on any atom is 0.332 e. The molecule has 1 aliphatic heterocycles. The number of aromatic hydroxyl groups is 1. The van der Waals surface area contributed by atoms with Crippen molar-refractivity contribution in [2.24, 2.45) is 11.8 Å². The van der Waals surface area contributed by atoms with Crippen LogP contribution >= 0.6 is 0 Å². The number of phenols is 1. The smallest absolute Gasteiger partial charge is 0.332 e. The molecule has 2 amide bonds. The highest BCUT2D eigenvalue weighted by Crippen LogP contribution is 2.29. The molecule has 1 aliphatic rings. The van der Waals surface area contributed by atoms with E-state index < -0.39 is 59.8 Å². The molecule has 216 valence electrons. The number of hydrogen-bond donors (Lipinski definition) is 3. The number of cyclic esters (lactones) is 2. The normalized spacial score (nSPS) is 23.5. The number of para-hydroxylation sites is 1. The lowest BCUT2D eigenvalue weighted by molar-refractivity contribution is -0.175. The van der Waals surface area contributed by atoms with Crippen LogP contribution < -0.4 is 10.6 Å². The quantitative estimate of drug-likeness (QED) is 0.117. The largest absolute Gasteiger partial charge is 0.505 e. The van der Waals surface area contributed by atoms with Crippen LogP contribution in [0.2, 0.25) is 0 Å². The lowest BCUT2D eigenvalue weighted by Crippen LogP contribution is -2.50. The predicted octanol–water partition coefficient (Wildman–Crippen LogP) is 3.48. The first kappa shape index (κ1) is 31.6. The number of amides is 2. The Bertz CT molecular complexity index is 1030. The molecule has 11 heteroatoms. The SMILES string of the molecule is CCCCCC[C@H]1C(=O)O[C@@H](C)[C@H](NC(=O)c2cccc(NC=O)c2O)C(=O)O[C@@H](C)[C@@H]1OC(=O)CC(C)C. The summed E-state index contributed by atoms with van der Waals surface area (Å²) in [6.45, 7) is 8.77. The van der Waals surface area contributed by atoms with E-state index in [1.165, 1.54) is 32.0 Å². The van der Waals surface area contributed by atoms with Gasteiger partial charge in [0.2, 0.25) is 6.41 Å². The Balaban J connectivity index is 2.33. The van der Waals surface area contributed by atoms with Gasteiger partial charge in [0, 0.05) is 6.42 Å². The van der Waals surface area contributed by atoms with E-state index >= 15 is 0 Å². The minimum atomic E-state index is -1.42. The van der Waals surface area contributed by atoms with Crippen LogP contribution in [0.1, 0.15) is 83.5 Å². The van der Waals surface area contributed by atoms with Crippen molar-refractivity contribution in [1.29, 1.82) is 0 Å². The number of benzene rings is 1. The Morgan fingerprint density at radius 3 is 2.41 bits per heavy atom. The fraction of sp³-hybridized carbons (Fsp3) is 0.607. The Morgan fingerprint density at radius 2 is 1.77 bits per heavy atom. The minimum Gasteiger partial charge on any atom is -0.505 e. The topological polar surface area (TPSA) is 157 Å². The molecule has 39 heavy (non-hydrogen) atoms. The zero-order valence-electron chi connectivity index (χ0n) is 23.2. The number of anilines is 1. The number of phenolic OH excluding ortho intramolecular Hbond substituents is 1. The van der Waals surface area contributed by atoms with Crippen LogP contribution in [0.25, 0.3) is 0 Å². The van der Waals surface area contributed by atoms with Gasteiger partial charge in [0.25, 0.3) is 5.91 Å². The van der Waals surface area contributed by atoms with E-state index in [9.17, 15) is 29.1 Å². The number of rotatable bonds is 12. The summed E-state index contributed by atoms with van der Waals surface area (Å²) in [5.41, 5.74) is -0.213. The lowest BCUT2D eigenvalue weighted by Gasteiger charge is -2.29. The number of esters is 3. The molecule has 0 aromatic heterocycles. The lowest BCUT2D eigenvalue weighted by atomic mass is 9.92. The van der Waals surface area contributed by atoms with Gasteiger partial charge in [-0.1, -0.05) is 52.5 Å². The molecular weight excluding hydrogens is 508 g/mol. The van der Waals surface area contributed by atoms with Gasteiger partial charge in [0.15, 0.2) is 17.9 Å². The monoisotopic (exact) mass is 548 g/mol. The van der Waals surface area contributed by atoms with Crippen LogP contribution in [0.4, 0.5) is 5.69 Å². The van der Waals surface area contributed by atoms with Gasteiger partial charge in [-0.25, -0.2) is 4.79 Å². The Hall–Kier alpha value is -3.63. The van der Waals surface area contributed by atoms with Gasteiger partial charge >= 0.3 is 17.9 Å². The summed E-state index contributed by atoms with van der Waals surface area (Å²) in [5.74, 6) is -4.26. The highest BCUT2D eigenvalue weighted by Gasteiger charge is 2.44. The maximum atomic E-state index is 13.4. The second-order valence-electron chi connectivity index (χ2n) is 10.2. The van der Waals surface area contributed by atoms with E-state index in [1.54, 1.807) is 0 Å². The van der Waals surface area contributed by atoms with Crippen molar-refractivity contribution >= 4 is 35.9 Å². The van der Waals surface area contributed by atoms with E-state index in [2.05, 4.69) is 17.6 Å². The first-order valence-corrected chi connectivity index (χ1v) is 13.4. The van der Waals surface area contributed by atoms with Gasteiger partial charge in [0.05, 0.1) is 17.2 Å². The van der Waals surface area contributed by atoms with E-state index in [1.807, 2.05) is 13.8 Å². The summed E-state index contributed by atoms with van der Waals surface area (Å²) < 4.78 is 16.9. The molecular formula is C28H40N2O9. The van der Waals surface area contributed by atoms with Crippen LogP contribution in [-0.4, -0.2) is 59.7 Å². The number of unbranched alkanes of at least 4 members (excludes halogenated alkanes) is 3. The van der Waals surface area contributed by atoms with E-state index in [0.717, 1.165) is 19.3 Å². The maximum absolute atomic E-state index is 13.4. The number of nitrogens with one attached hydrogen (secondary N) is 2. The van der Waals surface area contributed by atoms with Crippen molar-refractivity contribution in [1.82, 2.24) is 5.32 Å². The van der Waals surface area contributed by atoms with Gasteiger partial charge < -0.3 is 30.0 Å². The molecule has 0 unspecified atom stereocenters. The fourth-order valence-corrected chi connectivity index (χ4v) is 4.40. The van der Waals surface area contributed by atoms with Crippen molar-refractivity contribution < 1.29 is 43.3 Å². The fourth-order valence-electron chi connectivity index (χ4n) is 4.40. The second-order valence-corrected chi connectivity index (χ2v) is 10.2. The molecule has 1 aromatic rings. The molecule has 0 aliphatic carbocycles. The van der Waals surface area contributed by atoms with Crippen LogP contribution in [-0.2, 0) is 33.4 Å². The summed E-state index contributed by atoms with van der Waals surface area (Å²) in [7, 11) is 0. The minimum absolute atomic E-state index is 0.000221. The summed E-state index contributed by atoms with van der Waals surface area (Å²) in [6.07, 6.45) is 1.17. The van der Waals surface area contributed by atoms with Crippen molar-refractivity contribution in [2.45, 2.75) is 97.5 Å². The molecule has 0 spiro atoms. The van der Waals surface area contributed by atoms with Crippen LogP contribution in [0, 0.1) is 11.8 Å². The van der Waals surface area contributed by atoms with Crippen molar-refractivity contribution in [2.75, 3.05) is 5.32 Å². The third-order valence-electron chi connectivity index (χ3n) is 6.48. The zero-order valence-corrected chi connectivity index (χ0v) is 23.2. The molecule has 0 saturated carbocycles. The predicted molar refractivity (Wildman–Crippen MR) is 142 cm³/mol. The van der Waals surface area contributed by atoms with Gasteiger partial charge in [-0.05, 0) is 38.3 Å². The molecule has 2 rings (SSSR count). The summed E-state index contributed by atoms with van der Waals surface area (Å²) >= 11 is 0. The number of hydrogen-bond acceptors (Lipinski definition) is 9. The van der Waals surface area contributed by atoms with Crippen molar-refractivity contribution in [3.05, 3.63) is 23.8 Å². The summed E-state index contributed by atoms with van der Waals surface area (Å²) in [5, 5.41) is 15.1. The number of carbonyl (C=O) groups excluding carboxylic acids is 5. The molecule has 0 bridgehead atoms. The third-order valence-corrected chi connectivity index (χ3v) is 6.48. The average molecular weight is 549 g/mol. The van der Waals surface area contributed by atoms with Gasteiger partial charge in [0.1, 0.15) is 12.2 Å². The van der Waals surface area contributed by atoms with Crippen molar-refractivity contribution in [3.63, 3.8) is 0 Å². The molecule has 1 heterocycles. The van der Waals surface area contributed by atoms with Crippen molar-refractivity contribution in [3.8, 4) is 5.75 Å². The Labute approximate surface area is 228 Å². The van der Waals surface area contributed by atoms with Gasteiger partial charge in [-0.2, -0.15) is 0 Å². The van der Waals surface area contributed by atoms with Crippen LogP contribution in [0.3, 0.4) is 0 Å². The average Bonchev–Trinajstić information content (AvgIpc) is 2.88. The van der Waals surface area contributed by atoms with Crippen LogP contribution in [0.5, 0.6) is 5.75 Å². The van der Waals surface area contributed by atoms with E-state index in [-0.39, 0.29) is 23.6 Å².